The Morgan fingerprint density at radius 1 is 0.893 bits per heavy atom. The molecule has 1 aliphatic heterocycles. The van der Waals surface area contributed by atoms with Gasteiger partial charge in [0.25, 0.3) is 5.91 Å². The average molecular weight is 383 g/mol. The van der Waals surface area contributed by atoms with Gasteiger partial charge in [-0.05, 0) is 32.0 Å². The first kappa shape index (κ1) is 19.3. The van der Waals surface area contributed by atoms with Crippen molar-refractivity contribution in [3.05, 3.63) is 53.8 Å². The van der Waals surface area contributed by atoms with Gasteiger partial charge in [-0.15, -0.1) is 0 Å². The van der Waals surface area contributed by atoms with Gasteiger partial charge in [-0.3, -0.25) is 9.59 Å². The van der Waals surface area contributed by atoms with Crippen molar-refractivity contribution in [1.29, 1.82) is 0 Å². The molecule has 0 saturated carbocycles. The Balaban J connectivity index is 2.03. The Labute approximate surface area is 162 Å². The molecule has 2 aromatic carbocycles. The highest BCUT2D eigenvalue weighted by molar-refractivity contribution is 6.45. The van der Waals surface area contributed by atoms with Crippen molar-refractivity contribution in [1.82, 2.24) is 0 Å². The minimum Gasteiger partial charge on any atom is -0.502 e. The van der Waals surface area contributed by atoms with E-state index in [0.29, 0.717) is 36.0 Å². The second kappa shape index (κ2) is 8.04. The highest BCUT2D eigenvalue weighted by atomic mass is 16.5. The highest BCUT2D eigenvalue weighted by Crippen LogP contribution is 2.38. The lowest BCUT2D eigenvalue weighted by molar-refractivity contribution is -0.121. The number of rotatable bonds is 7. The van der Waals surface area contributed by atoms with Crippen LogP contribution in [0.2, 0.25) is 0 Å². The summed E-state index contributed by atoms with van der Waals surface area (Å²) in [7, 11) is 1.45. The zero-order chi connectivity index (χ0) is 20.3. The van der Waals surface area contributed by atoms with E-state index < -0.39 is 17.6 Å². The normalized spacial score (nSPS) is 13.9. The molecule has 0 saturated heterocycles. The van der Waals surface area contributed by atoms with Gasteiger partial charge >= 0.3 is 5.91 Å². The average Bonchev–Trinajstić information content (AvgIpc) is 2.92. The van der Waals surface area contributed by atoms with E-state index in [2.05, 4.69) is 0 Å². The van der Waals surface area contributed by atoms with Gasteiger partial charge in [-0.1, -0.05) is 18.2 Å². The van der Waals surface area contributed by atoms with Gasteiger partial charge in [0.2, 0.25) is 0 Å². The number of carbonyl (C=O) groups is 2. The van der Waals surface area contributed by atoms with Gasteiger partial charge in [-0.25, -0.2) is 4.90 Å². The van der Waals surface area contributed by atoms with E-state index in [0.717, 1.165) is 4.90 Å². The Hall–Kier alpha value is -3.48. The lowest BCUT2D eigenvalue weighted by Crippen LogP contribution is -2.31. The van der Waals surface area contributed by atoms with Crippen LogP contribution in [0.4, 0.5) is 5.69 Å². The summed E-state index contributed by atoms with van der Waals surface area (Å²) in [6.07, 6.45) is 0. The van der Waals surface area contributed by atoms with Crippen molar-refractivity contribution in [2.45, 2.75) is 13.8 Å². The quantitative estimate of drug-likeness (QED) is 0.738. The summed E-state index contributed by atoms with van der Waals surface area (Å²) in [6.45, 7) is 4.50. The summed E-state index contributed by atoms with van der Waals surface area (Å²) in [4.78, 5) is 26.6. The number of ether oxygens (including phenoxy) is 3. The third-order valence-electron chi connectivity index (χ3n) is 4.22. The molecule has 28 heavy (non-hydrogen) atoms. The molecule has 2 amide bonds. The zero-order valence-corrected chi connectivity index (χ0v) is 15.9. The van der Waals surface area contributed by atoms with E-state index in [1.807, 2.05) is 13.8 Å². The minimum atomic E-state index is -0.808. The van der Waals surface area contributed by atoms with Crippen molar-refractivity contribution in [3.63, 3.8) is 0 Å². The predicted molar refractivity (Wildman–Crippen MR) is 104 cm³/mol. The van der Waals surface area contributed by atoms with Gasteiger partial charge in [0, 0.05) is 11.6 Å². The van der Waals surface area contributed by atoms with Crippen LogP contribution < -0.4 is 19.1 Å². The molecule has 0 aliphatic carbocycles. The minimum absolute atomic E-state index is 0.103. The molecule has 7 heteroatoms. The Kier molecular flexibility index (Phi) is 5.54. The summed E-state index contributed by atoms with van der Waals surface area (Å²) in [5, 5.41) is 10.4. The number of nitrogens with zero attached hydrogens (tertiary/aromatic N) is 1. The number of methoxy groups -OCH3 is 1. The number of benzene rings is 2. The number of carbonyl (C=O) groups excluding carboxylic acids is 2. The molecule has 0 atom stereocenters. The molecule has 1 aliphatic rings. The van der Waals surface area contributed by atoms with Crippen molar-refractivity contribution in [2.75, 3.05) is 25.2 Å². The molecule has 0 aromatic heterocycles. The molecule has 1 N–H and O–H groups in total. The number of amides is 2. The summed E-state index contributed by atoms with van der Waals surface area (Å²) in [5.41, 5.74) is 0.520. The van der Waals surface area contributed by atoms with Gasteiger partial charge in [0.1, 0.15) is 5.75 Å². The first-order chi connectivity index (χ1) is 13.5. The molecule has 0 fully saturated rings. The van der Waals surface area contributed by atoms with Crippen molar-refractivity contribution in [2.24, 2.45) is 0 Å². The number of aliphatic hydroxyl groups is 1. The first-order valence-electron chi connectivity index (χ1n) is 8.88. The lowest BCUT2D eigenvalue weighted by atomic mass is 10.0. The van der Waals surface area contributed by atoms with E-state index in [-0.39, 0.29) is 11.3 Å². The van der Waals surface area contributed by atoms with Crippen LogP contribution in [0, 0.1) is 0 Å². The van der Waals surface area contributed by atoms with Crippen LogP contribution in [0.3, 0.4) is 0 Å². The summed E-state index contributed by atoms with van der Waals surface area (Å²) < 4.78 is 16.3. The second-order valence-electron chi connectivity index (χ2n) is 5.87. The molecule has 1 heterocycles. The Bertz CT molecular complexity index is 950. The van der Waals surface area contributed by atoms with Crippen LogP contribution in [0.1, 0.15) is 19.4 Å². The molecule has 0 unspecified atom stereocenters. The second-order valence-corrected chi connectivity index (χ2v) is 5.87. The van der Waals surface area contributed by atoms with Crippen LogP contribution in [-0.2, 0) is 9.59 Å². The maximum Gasteiger partial charge on any atom is 0.301 e. The molecule has 7 nitrogen and oxygen atoms in total. The smallest absolute Gasteiger partial charge is 0.301 e. The maximum absolute atomic E-state index is 13.0. The standard InChI is InChI=1S/C21H21NO6/c1-4-27-16-11-10-13(12-17(16)28-5-2)22-20(24)18(19(23)21(22)25)14-8-6-7-9-15(14)26-3/h6-12,23H,4-5H2,1-3H3. The SMILES string of the molecule is CCOc1ccc(N2C(=O)C(O)=C(c3ccccc3OC)C2=O)cc1OCC. The molecule has 3 rings (SSSR count). The lowest BCUT2D eigenvalue weighted by Gasteiger charge is -2.18. The zero-order valence-electron chi connectivity index (χ0n) is 15.9. The van der Waals surface area contributed by atoms with E-state index in [1.54, 1.807) is 42.5 Å². The fraction of sp³-hybridized carbons (Fsp3) is 0.238. The summed E-state index contributed by atoms with van der Waals surface area (Å²) in [6, 6.07) is 11.4. The van der Waals surface area contributed by atoms with E-state index >= 15 is 0 Å². The number of aliphatic hydroxyl groups excluding tert-OH is 1. The van der Waals surface area contributed by atoms with E-state index in [4.69, 9.17) is 14.2 Å². The van der Waals surface area contributed by atoms with Crippen LogP contribution >= 0.6 is 0 Å². The number of hydrogen-bond donors (Lipinski definition) is 1. The van der Waals surface area contributed by atoms with Gasteiger partial charge < -0.3 is 19.3 Å². The van der Waals surface area contributed by atoms with Crippen molar-refractivity contribution >= 4 is 23.1 Å². The van der Waals surface area contributed by atoms with E-state index in [9.17, 15) is 14.7 Å². The molecule has 146 valence electrons. The monoisotopic (exact) mass is 383 g/mol. The molecule has 2 aromatic rings. The number of imide groups is 1. The van der Waals surface area contributed by atoms with E-state index in [1.165, 1.54) is 7.11 Å². The third kappa shape index (κ3) is 3.26. The number of para-hydroxylation sites is 1. The summed E-state index contributed by atoms with van der Waals surface area (Å²) >= 11 is 0. The van der Waals surface area contributed by atoms with Crippen LogP contribution in [0.15, 0.2) is 48.2 Å². The molecule has 0 spiro atoms. The maximum atomic E-state index is 13.0. The Morgan fingerprint density at radius 2 is 1.57 bits per heavy atom. The Morgan fingerprint density at radius 3 is 2.25 bits per heavy atom. The fourth-order valence-corrected chi connectivity index (χ4v) is 3.03. The van der Waals surface area contributed by atoms with Gasteiger partial charge in [0.05, 0.1) is 31.6 Å². The third-order valence-corrected chi connectivity index (χ3v) is 4.22. The topological polar surface area (TPSA) is 85.3 Å². The van der Waals surface area contributed by atoms with Crippen molar-refractivity contribution in [3.8, 4) is 17.2 Å². The predicted octanol–water partition coefficient (Wildman–Crippen LogP) is 3.34. The first-order valence-corrected chi connectivity index (χ1v) is 8.88. The van der Waals surface area contributed by atoms with Crippen molar-refractivity contribution < 1.29 is 28.9 Å². The number of anilines is 1. The van der Waals surface area contributed by atoms with Gasteiger partial charge in [0.15, 0.2) is 17.3 Å². The summed E-state index contributed by atoms with van der Waals surface area (Å²) in [5.74, 6) is -0.770. The van der Waals surface area contributed by atoms with Crippen LogP contribution in [-0.4, -0.2) is 37.2 Å². The number of hydrogen-bond acceptors (Lipinski definition) is 6. The molecular weight excluding hydrogens is 362 g/mol. The van der Waals surface area contributed by atoms with Crippen LogP contribution in [0.5, 0.6) is 17.2 Å². The largest absolute Gasteiger partial charge is 0.502 e. The fourth-order valence-electron chi connectivity index (χ4n) is 3.03. The molecule has 0 bridgehead atoms. The van der Waals surface area contributed by atoms with Gasteiger partial charge in [-0.2, -0.15) is 0 Å². The molecular formula is C21H21NO6. The van der Waals surface area contributed by atoms with Crippen LogP contribution in [0.25, 0.3) is 5.57 Å². The highest BCUT2D eigenvalue weighted by Gasteiger charge is 2.41. The molecule has 0 radical (unpaired) electrons.